The summed E-state index contributed by atoms with van der Waals surface area (Å²) in [6, 6.07) is 11.2. The Morgan fingerprint density at radius 3 is 2.68 bits per heavy atom. The fraction of sp³-hybridized carbons (Fsp3) is 0.208. The van der Waals surface area contributed by atoms with Crippen LogP contribution < -0.4 is 4.74 Å². The number of aromatic nitrogens is 2. The maximum atomic E-state index is 13.1. The average molecular weight is 462 g/mol. The highest BCUT2D eigenvalue weighted by Gasteiger charge is 2.46. The number of carbonyl (C=O) groups is 2. The molecule has 10 nitrogen and oxygen atoms in total. The molecular formula is C24H22N4O6. The summed E-state index contributed by atoms with van der Waals surface area (Å²) in [6.07, 6.45) is 5.58. The van der Waals surface area contributed by atoms with Crippen LogP contribution in [0.2, 0.25) is 0 Å². The molecule has 1 N–H and O–H groups in total. The fourth-order valence-corrected chi connectivity index (χ4v) is 4.03. The highest BCUT2D eigenvalue weighted by Crippen LogP contribution is 2.40. The van der Waals surface area contributed by atoms with Crippen LogP contribution in [0.4, 0.5) is 5.69 Å². The van der Waals surface area contributed by atoms with E-state index in [1.807, 2.05) is 4.57 Å². The number of nitro benzene ring substituents is 1. The molecule has 1 saturated heterocycles. The van der Waals surface area contributed by atoms with E-state index in [1.165, 1.54) is 30.2 Å². The standard InChI is InChI=1S/C24H22N4O6/c1-34-19-8-3-6-17(14-19)22(29)20-21(16-5-2-7-18(13-16)28(32)33)27(24(31)23(20)30)11-4-10-26-12-9-25-15-26/h2-3,5-9,12-15,21,29H,4,10-11H2,1H3/t21-/m0/s1. The van der Waals surface area contributed by atoms with Crippen LogP contribution in [0.25, 0.3) is 5.76 Å². The Hall–Kier alpha value is -4.47. The third kappa shape index (κ3) is 4.38. The van der Waals surface area contributed by atoms with Crippen LogP contribution in [-0.2, 0) is 16.1 Å². The van der Waals surface area contributed by atoms with Crippen LogP contribution in [0.1, 0.15) is 23.6 Å². The molecule has 4 rings (SSSR count). The van der Waals surface area contributed by atoms with Gasteiger partial charge in [0.2, 0.25) is 0 Å². The number of benzene rings is 2. The predicted molar refractivity (Wildman–Crippen MR) is 122 cm³/mol. The van der Waals surface area contributed by atoms with E-state index in [0.29, 0.717) is 29.8 Å². The maximum absolute atomic E-state index is 13.1. The molecule has 1 amide bonds. The van der Waals surface area contributed by atoms with Crippen LogP contribution >= 0.6 is 0 Å². The minimum Gasteiger partial charge on any atom is -0.507 e. The molecular weight excluding hydrogens is 440 g/mol. The van der Waals surface area contributed by atoms with Gasteiger partial charge in [-0.25, -0.2) is 4.98 Å². The Balaban J connectivity index is 1.78. The summed E-state index contributed by atoms with van der Waals surface area (Å²) >= 11 is 0. The molecule has 1 aromatic heterocycles. The molecule has 174 valence electrons. The SMILES string of the molecule is COc1cccc(C(O)=C2C(=O)C(=O)N(CCCn3ccnc3)[C@H]2c2cccc([N+](=O)[O-])c2)c1. The Kier molecular flexibility index (Phi) is 6.39. The Morgan fingerprint density at radius 1 is 1.18 bits per heavy atom. The topological polar surface area (TPSA) is 128 Å². The van der Waals surface area contributed by atoms with Crippen molar-refractivity contribution in [1.82, 2.24) is 14.5 Å². The average Bonchev–Trinajstić information content (AvgIpc) is 3.46. The number of non-ortho nitro benzene ring substituents is 1. The minimum absolute atomic E-state index is 0.124. The summed E-state index contributed by atoms with van der Waals surface area (Å²) in [5.74, 6) is -1.53. The summed E-state index contributed by atoms with van der Waals surface area (Å²) in [7, 11) is 1.47. The molecule has 2 aromatic carbocycles. The number of nitrogens with zero attached hydrogens (tertiary/aromatic N) is 4. The number of methoxy groups -OCH3 is 1. The van der Waals surface area contributed by atoms with Crippen LogP contribution in [0.5, 0.6) is 5.75 Å². The molecule has 0 bridgehead atoms. The number of Topliss-reactive ketones (excluding diaryl/α,β-unsaturated/α-hetero) is 1. The predicted octanol–water partition coefficient (Wildman–Crippen LogP) is 3.31. The molecule has 1 aliphatic heterocycles. The van der Waals surface area contributed by atoms with Gasteiger partial charge in [0.1, 0.15) is 11.5 Å². The van der Waals surface area contributed by atoms with Crippen LogP contribution in [0.3, 0.4) is 0 Å². The second-order valence-electron chi connectivity index (χ2n) is 7.73. The lowest BCUT2D eigenvalue weighted by molar-refractivity contribution is -0.384. The number of imidazole rings is 1. The molecule has 0 aliphatic carbocycles. The summed E-state index contributed by atoms with van der Waals surface area (Å²) in [4.78, 5) is 42.3. The van der Waals surface area contributed by atoms with Crippen molar-refractivity contribution in [3.05, 3.63) is 94.1 Å². The summed E-state index contributed by atoms with van der Waals surface area (Å²) < 4.78 is 7.04. The van der Waals surface area contributed by atoms with Crippen molar-refractivity contribution < 1.29 is 24.4 Å². The van der Waals surface area contributed by atoms with Gasteiger partial charge in [-0.3, -0.25) is 19.7 Å². The summed E-state index contributed by atoms with van der Waals surface area (Å²) in [5.41, 5.74) is 0.357. The number of hydrogen-bond acceptors (Lipinski definition) is 7. The van der Waals surface area contributed by atoms with Gasteiger partial charge in [-0.2, -0.15) is 0 Å². The molecule has 1 aliphatic rings. The van der Waals surface area contributed by atoms with Crippen molar-refractivity contribution >= 4 is 23.1 Å². The number of ether oxygens (including phenoxy) is 1. The third-order valence-electron chi connectivity index (χ3n) is 5.65. The normalized spacial score (nSPS) is 17.2. The number of carbonyl (C=O) groups excluding carboxylic acids is 2. The Morgan fingerprint density at radius 2 is 1.97 bits per heavy atom. The first-order chi connectivity index (χ1) is 16.4. The first-order valence-electron chi connectivity index (χ1n) is 10.5. The number of amides is 1. The monoisotopic (exact) mass is 462 g/mol. The highest BCUT2D eigenvalue weighted by atomic mass is 16.6. The van der Waals surface area contributed by atoms with Gasteiger partial charge in [0, 0.05) is 43.2 Å². The van der Waals surface area contributed by atoms with Crippen LogP contribution in [0, 0.1) is 10.1 Å². The van der Waals surface area contributed by atoms with Crippen molar-refractivity contribution in [3.63, 3.8) is 0 Å². The highest BCUT2D eigenvalue weighted by molar-refractivity contribution is 6.46. The largest absolute Gasteiger partial charge is 0.507 e. The molecule has 0 unspecified atom stereocenters. The van der Waals surface area contributed by atoms with Crippen molar-refractivity contribution in [2.75, 3.05) is 13.7 Å². The van der Waals surface area contributed by atoms with Crippen molar-refractivity contribution in [3.8, 4) is 5.75 Å². The zero-order valence-electron chi connectivity index (χ0n) is 18.3. The van der Waals surface area contributed by atoms with Gasteiger partial charge < -0.3 is 19.3 Å². The quantitative estimate of drug-likeness (QED) is 0.179. The van der Waals surface area contributed by atoms with Crippen molar-refractivity contribution in [2.24, 2.45) is 0 Å². The molecule has 34 heavy (non-hydrogen) atoms. The van der Waals surface area contributed by atoms with Crippen LogP contribution in [-0.4, -0.2) is 49.8 Å². The molecule has 10 heteroatoms. The number of hydrogen-bond donors (Lipinski definition) is 1. The Bertz CT molecular complexity index is 1270. The number of aliphatic hydroxyl groups is 1. The lowest BCUT2D eigenvalue weighted by atomic mass is 9.95. The van der Waals surface area contributed by atoms with Crippen LogP contribution in [0.15, 0.2) is 72.8 Å². The van der Waals surface area contributed by atoms with Gasteiger partial charge in [0.05, 0.1) is 30.0 Å². The second kappa shape index (κ2) is 9.57. The van der Waals surface area contributed by atoms with E-state index in [-0.39, 0.29) is 23.6 Å². The molecule has 0 spiro atoms. The van der Waals surface area contributed by atoms with E-state index >= 15 is 0 Å². The van der Waals surface area contributed by atoms with Gasteiger partial charge in [-0.1, -0.05) is 24.3 Å². The minimum atomic E-state index is -0.978. The molecule has 0 saturated carbocycles. The number of aliphatic hydroxyl groups excluding tert-OH is 1. The zero-order valence-corrected chi connectivity index (χ0v) is 18.3. The number of nitro groups is 1. The molecule has 2 heterocycles. The molecule has 3 aromatic rings. The summed E-state index contributed by atoms with van der Waals surface area (Å²) in [6.45, 7) is 0.756. The number of aryl methyl sites for hydroxylation is 1. The number of ketones is 1. The van der Waals surface area contributed by atoms with Crippen molar-refractivity contribution in [2.45, 2.75) is 19.0 Å². The first-order valence-corrected chi connectivity index (χ1v) is 10.5. The maximum Gasteiger partial charge on any atom is 0.295 e. The smallest absolute Gasteiger partial charge is 0.295 e. The van der Waals surface area contributed by atoms with E-state index in [4.69, 9.17) is 4.74 Å². The number of rotatable bonds is 8. The van der Waals surface area contributed by atoms with Crippen molar-refractivity contribution in [1.29, 1.82) is 0 Å². The van der Waals surface area contributed by atoms with Gasteiger partial charge >= 0.3 is 0 Å². The van der Waals surface area contributed by atoms with E-state index < -0.39 is 22.7 Å². The zero-order chi connectivity index (χ0) is 24.2. The second-order valence-corrected chi connectivity index (χ2v) is 7.73. The first kappa shape index (κ1) is 22.7. The number of likely N-dealkylation sites (tertiary alicyclic amines) is 1. The van der Waals surface area contributed by atoms with E-state index in [9.17, 15) is 24.8 Å². The van der Waals surface area contributed by atoms with Gasteiger partial charge in [0.25, 0.3) is 17.4 Å². The van der Waals surface area contributed by atoms with Gasteiger partial charge in [-0.15, -0.1) is 0 Å². The third-order valence-corrected chi connectivity index (χ3v) is 5.65. The molecule has 1 atom stereocenters. The van der Waals surface area contributed by atoms with E-state index in [2.05, 4.69) is 4.98 Å². The lowest BCUT2D eigenvalue weighted by Crippen LogP contribution is -2.31. The molecule has 0 radical (unpaired) electrons. The Labute approximate surface area is 194 Å². The van der Waals surface area contributed by atoms with E-state index in [0.717, 1.165) is 0 Å². The van der Waals surface area contributed by atoms with E-state index in [1.54, 1.807) is 49.1 Å². The summed E-state index contributed by atoms with van der Waals surface area (Å²) in [5, 5.41) is 22.5. The van der Waals surface area contributed by atoms with Gasteiger partial charge in [-0.05, 0) is 24.1 Å². The lowest BCUT2D eigenvalue weighted by Gasteiger charge is -2.25. The molecule has 1 fully saturated rings. The van der Waals surface area contributed by atoms with Gasteiger partial charge in [0.15, 0.2) is 0 Å². The fourth-order valence-electron chi connectivity index (χ4n) is 4.03.